The number of furan rings is 1. The summed E-state index contributed by atoms with van der Waals surface area (Å²) < 4.78 is 32.3. The van der Waals surface area contributed by atoms with Crippen LogP contribution in [0.3, 0.4) is 0 Å². The largest absolute Gasteiger partial charge is 0.438 e. The van der Waals surface area contributed by atoms with Crippen LogP contribution in [0.5, 0.6) is 0 Å². The van der Waals surface area contributed by atoms with Crippen molar-refractivity contribution in [3.8, 4) is 0 Å². The Morgan fingerprint density at radius 3 is 2.24 bits per heavy atom. The third-order valence-electron chi connectivity index (χ3n) is 3.87. The van der Waals surface area contributed by atoms with Crippen molar-refractivity contribution >= 4 is 27.5 Å². The molecule has 1 aromatic carbocycles. The summed E-state index contributed by atoms with van der Waals surface area (Å²) in [6.07, 6.45) is 0.389. The Labute approximate surface area is 171 Å². The van der Waals surface area contributed by atoms with E-state index in [2.05, 4.69) is 15.4 Å². The van der Waals surface area contributed by atoms with Gasteiger partial charge in [-0.25, -0.2) is 13.1 Å². The Bertz CT molecular complexity index is 972. The molecular weight excluding hydrogens is 394 g/mol. The smallest absolute Gasteiger partial charge is 0.287 e. The topological polar surface area (TPSA) is 118 Å². The molecule has 1 heterocycles. The van der Waals surface area contributed by atoms with Crippen LogP contribution >= 0.6 is 0 Å². The maximum absolute atomic E-state index is 12.4. The fourth-order valence-corrected chi connectivity index (χ4v) is 3.85. The van der Waals surface area contributed by atoms with E-state index in [1.165, 1.54) is 12.1 Å². The minimum absolute atomic E-state index is 0.0800. The van der Waals surface area contributed by atoms with Gasteiger partial charge in [0.25, 0.3) is 15.9 Å². The highest BCUT2D eigenvalue weighted by atomic mass is 32.2. The molecule has 1 unspecified atom stereocenters. The Hall–Kier alpha value is -2.65. The molecule has 3 N–H and O–H groups in total. The molecule has 1 atom stereocenters. The van der Waals surface area contributed by atoms with Crippen LogP contribution in [0.4, 0.5) is 5.69 Å². The van der Waals surface area contributed by atoms with E-state index in [1.807, 2.05) is 0 Å². The van der Waals surface area contributed by atoms with Gasteiger partial charge in [0.15, 0.2) is 5.76 Å². The van der Waals surface area contributed by atoms with Crippen LogP contribution in [-0.4, -0.2) is 25.8 Å². The van der Waals surface area contributed by atoms with Gasteiger partial charge >= 0.3 is 0 Å². The van der Waals surface area contributed by atoms with Gasteiger partial charge in [-0.2, -0.15) is 0 Å². The first-order valence-electron chi connectivity index (χ1n) is 9.26. The van der Waals surface area contributed by atoms with E-state index in [4.69, 9.17) is 4.42 Å². The van der Waals surface area contributed by atoms with Gasteiger partial charge in [-0.05, 0) is 57.5 Å². The zero-order valence-electron chi connectivity index (χ0n) is 17.2. The highest BCUT2D eigenvalue weighted by Gasteiger charge is 2.26. The molecule has 0 radical (unpaired) electrons. The standard InChI is InChI=1S/C20H27N3O5S/c1-6-17(24)22-15-9-7-14(8-10-15)13(2)21-19(25)16-11-12-18(28-16)29(26,27)23-20(3,4)5/h7-13,23H,6H2,1-5H3,(H,21,25)(H,22,24). The minimum Gasteiger partial charge on any atom is -0.438 e. The van der Waals surface area contributed by atoms with E-state index >= 15 is 0 Å². The summed E-state index contributed by atoms with van der Waals surface area (Å²) in [4.78, 5) is 23.9. The molecule has 0 saturated heterocycles. The van der Waals surface area contributed by atoms with Crippen molar-refractivity contribution in [2.75, 3.05) is 5.32 Å². The lowest BCUT2D eigenvalue weighted by Gasteiger charge is -2.19. The average molecular weight is 422 g/mol. The summed E-state index contributed by atoms with van der Waals surface area (Å²) in [5.74, 6) is -0.709. The summed E-state index contributed by atoms with van der Waals surface area (Å²) in [6, 6.07) is 9.31. The quantitative estimate of drug-likeness (QED) is 0.635. The fourth-order valence-electron chi connectivity index (χ4n) is 2.50. The van der Waals surface area contributed by atoms with Crippen molar-refractivity contribution in [2.24, 2.45) is 0 Å². The molecule has 0 aliphatic carbocycles. The van der Waals surface area contributed by atoms with E-state index in [0.29, 0.717) is 12.1 Å². The number of carbonyl (C=O) groups excluding carboxylic acids is 2. The van der Waals surface area contributed by atoms with E-state index in [0.717, 1.165) is 5.56 Å². The zero-order valence-corrected chi connectivity index (χ0v) is 18.0. The SMILES string of the molecule is CCC(=O)Nc1ccc(C(C)NC(=O)c2ccc(S(=O)(=O)NC(C)(C)C)o2)cc1. The van der Waals surface area contributed by atoms with Gasteiger partial charge in [-0.15, -0.1) is 0 Å². The molecule has 29 heavy (non-hydrogen) atoms. The summed E-state index contributed by atoms with van der Waals surface area (Å²) in [7, 11) is -3.86. The first kappa shape index (κ1) is 22.6. The maximum atomic E-state index is 12.4. The molecule has 2 amide bonds. The number of hydrogen-bond acceptors (Lipinski definition) is 5. The van der Waals surface area contributed by atoms with Gasteiger partial charge < -0.3 is 15.1 Å². The van der Waals surface area contributed by atoms with Crippen molar-refractivity contribution in [1.29, 1.82) is 0 Å². The van der Waals surface area contributed by atoms with Crippen molar-refractivity contribution in [3.05, 3.63) is 47.7 Å². The van der Waals surface area contributed by atoms with Crippen LogP contribution in [0.1, 0.15) is 63.2 Å². The Morgan fingerprint density at radius 2 is 1.69 bits per heavy atom. The molecule has 0 fully saturated rings. The van der Waals surface area contributed by atoms with Crippen LogP contribution < -0.4 is 15.4 Å². The van der Waals surface area contributed by atoms with Crippen LogP contribution in [0.2, 0.25) is 0 Å². The van der Waals surface area contributed by atoms with E-state index in [9.17, 15) is 18.0 Å². The van der Waals surface area contributed by atoms with Crippen molar-refractivity contribution in [3.63, 3.8) is 0 Å². The van der Waals surface area contributed by atoms with Crippen molar-refractivity contribution in [2.45, 2.75) is 57.7 Å². The van der Waals surface area contributed by atoms with Gasteiger partial charge in [0.05, 0.1) is 6.04 Å². The molecule has 2 rings (SSSR count). The van der Waals surface area contributed by atoms with E-state index in [-0.39, 0.29) is 22.8 Å². The van der Waals surface area contributed by atoms with Gasteiger partial charge in [-0.3, -0.25) is 9.59 Å². The van der Waals surface area contributed by atoms with Gasteiger partial charge in [-0.1, -0.05) is 19.1 Å². The molecular formula is C20H27N3O5S. The monoisotopic (exact) mass is 421 g/mol. The highest BCUT2D eigenvalue weighted by Crippen LogP contribution is 2.19. The summed E-state index contributed by atoms with van der Waals surface area (Å²) in [5, 5.41) is 5.20. The number of rotatable bonds is 7. The second-order valence-electron chi connectivity index (χ2n) is 7.69. The summed E-state index contributed by atoms with van der Waals surface area (Å²) in [6.45, 7) is 8.69. The van der Waals surface area contributed by atoms with Gasteiger partial charge in [0, 0.05) is 17.6 Å². The van der Waals surface area contributed by atoms with Crippen molar-refractivity contribution in [1.82, 2.24) is 10.0 Å². The van der Waals surface area contributed by atoms with Crippen molar-refractivity contribution < 1.29 is 22.4 Å². The molecule has 158 valence electrons. The lowest BCUT2D eigenvalue weighted by Crippen LogP contribution is -2.40. The molecule has 0 bridgehead atoms. The molecule has 8 nitrogen and oxygen atoms in total. The average Bonchev–Trinajstić information content (AvgIpc) is 3.11. The second kappa shape index (κ2) is 8.79. The molecule has 0 spiro atoms. The summed E-state index contributed by atoms with van der Waals surface area (Å²) >= 11 is 0. The Balaban J connectivity index is 2.05. The zero-order chi connectivity index (χ0) is 21.8. The normalized spacial score (nSPS) is 13.0. The van der Waals surface area contributed by atoms with Crippen LogP contribution in [-0.2, 0) is 14.8 Å². The Morgan fingerprint density at radius 1 is 1.07 bits per heavy atom. The molecule has 0 aliphatic heterocycles. The van der Waals surface area contributed by atoms with E-state index in [1.54, 1.807) is 58.9 Å². The lowest BCUT2D eigenvalue weighted by molar-refractivity contribution is -0.115. The number of amides is 2. The number of anilines is 1. The third-order valence-corrected chi connectivity index (χ3v) is 5.50. The fraction of sp³-hybridized carbons (Fsp3) is 0.400. The molecule has 9 heteroatoms. The highest BCUT2D eigenvalue weighted by molar-refractivity contribution is 7.89. The van der Waals surface area contributed by atoms with Crippen LogP contribution in [0.15, 0.2) is 45.9 Å². The minimum atomic E-state index is -3.86. The number of sulfonamides is 1. The van der Waals surface area contributed by atoms with Crippen LogP contribution in [0.25, 0.3) is 0 Å². The number of carbonyl (C=O) groups is 2. The van der Waals surface area contributed by atoms with Crippen LogP contribution in [0, 0.1) is 0 Å². The third kappa shape index (κ3) is 6.43. The molecule has 0 saturated carbocycles. The molecule has 1 aromatic heterocycles. The predicted octanol–water partition coefficient (Wildman–Crippen LogP) is 3.20. The number of nitrogens with one attached hydrogen (secondary N) is 3. The first-order chi connectivity index (χ1) is 13.4. The second-order valence-corrected chi connectivity index (χ2v) is 9.31. The lowest BCUT2D eigenvalue weighted by atomic mass is 10.1. The molecule has 2 aromatic rings. The number of benzene rings is 1. The Kier molecular flexibility index (Phi) is 6.86. The van der Waals surface area contributed by atoms with Gasteiger partial charge in [0.2, 0.25) is 11.0 Å². The number of hydrogen-bond donors (Lipinski definition) is 3. The van der Waals surface area contributed by atoms with E-state index < -0.39 is 21.5 Å². The predicted molar refractivity (Wildman–Crippen MR) is 110 cm³/mol. The molecule has 0 aliphatic rings. The summed E-state index contributed by atoms with van der Waals surface area (Å²) in [5.41, 5.74) is 0.818. The maximum Gasteiger partial charge on any atom is 0.287 e. The first-order valence-corrected chi connectivity index (χ1v) is 10.7. The van der Waals surface area contributed by atoms with Gasteiger partial charge in [0.1, 0.15) is 0 Å².